The van der Waals surface area contributed by atoms with E-state index in [4.69, 9.17) is 0 Å². The van der Waals surface area contributed by atoms with Crippen LogP contribution in [0.4, 0.5) is 11.4 Å². The second kappa shape index (κ2) is 9.64. The third-order valence-electron chi connectivity index (χ3n) is 3.27. The molecular weight excluding hydrogens is 272 g/mol. The van der Waals surface area contributed by atoms with Crippen LogP contribution in [0.3, 0.4) is 0 Å². The van der Waals surface area contributed by atoms with Crippen molar-refractivity contribution >= 4 is 23.1 Å². The molecule has 0 radical (unpaired) electrons. The minimum absolute atomic E-state index is 0.145. The molecule has 0 spiro atoms. The molecule has 1 rings (SSSR count). The van der Waals surface area contributed by atoms with Gasteiger partial charge in [0.1, 0.15) is 5.69 Å². The molecule has 20 heavy (non-hydrogen) atoms. The summed E-state index contributed by atoms with van der Waals surface area (Å²) in [6.45, 7) is 4.42. The number of para-hydroxylation sites is 2. The maximum Gasteiger partial charge on any atom is 0.292 e. The van der Waals surface area contributed by atoms with E-state index in [9.17, 15) is 10.1 Å². The van der Waals surface area contributed by atoms with Crippen molar-refractivity contribution in [1.82, 2.24) is 0 Å². The molecule has 0 aliphatic rings. The zero-order valence-electron chi connectivity index (χ0n) is 12.3. The van der Waals surface area contributed by atoms with Crippen molar-refractivity contribution in [3.05, 3.63) is 34.4 Å². The van der Waals surface area contributed by atoms with Gasteiger partial charge in [-0.15, -0.1) is 11.8 Å². The number of unbranched alkanes of at least 4 members (excludes halogenated alkanes) is 2. The number of thioether (sulfide) groups is 1. The van der Waals surface area contributed by atoms with Crippen LogP contribution in [0.5, 0.6) is 0 Å². The summed E-state index contributed by atoms with van der Waals surface area (Å²) in [5.41, 5.74) is 0.751. The summed E-state index contributed by atoms with van der Waals surface area (Å²) in [6, 6.07) is 6.80. The Labute approximate surface area is 125 Å². The van der Waals surface area contributed by atoms with Crippen molar-refractivity contribution in [2.45, 2.75) is 51.2 Å². The number of nitro groups is 1. The quantitative estimate of drug-likeness (QED) is 0.284. The molecule has 1 N–H and O–H groups in total. The van der Waals surface area contributed by atoms with Crippen LogP contribution in [0.2, 0.25) is 0 Å². The molecular formula is C15H24N2O2S. The Kier molecular flexibility index (Phi) is 8.11. The number of nitrogens with one attached hydrogen (secondary N) is 1. The lowest BCUT2D eigenvalue weighted by atomic mass is 10.1. The average molecular weight is 296 g/mol. The molecule has 1 aromatic rings. The van der Waals surface area contributed by atoms with Gasteiger partial charge in [-0.25, -0.2) is 0 Å². The van der Waals surface area contributed by atoms with E-state index in [-0.39, 0.29) is 10.6 Å². The Morgan fingerprint density at radius 2 is 2.05 bits per heavy atom. The highest BCUT2D eigenvalue weighted by Crippen LogP contribution is 2.26. The van der Waals surface area contributed by atoms with Crippen molar-refractivity contribution < 1.29 is 4.92 Å². The molecule has 0 unspecified atom stereocenters. The van der Waals surface area contributed by atoms with Crippen molar-refractivity contribution in [1.29, 1.82) is 0 Å². The van der Waals surface area contributed by atoms with Crippen LogP contribution >= 0.6 is 11.8 Å². The zero-order chi connectivity index (χ0) is 14.8. The minimum atomic E-state index is -0.342. The Hall–Kier alpha value is -1.23. The van der Waals surface area contributed by atoms with E-state index in [1.54, 1.807) is 12.1 Å². The third-order valence-corrected chi connectivity index (χ3v) is 4.62. The normalized spacial score (nSPS) is 12.1. The van der Waals surface area contributed by atoms with E-state index < -0.39 is 0 Å². The second-order valence-electron chi connectivity index (χ2n) is 4.79. The number of nitrogens with zero attached hydrogens (tertiary/aromatic N) is 1. The molecule has 0 saturated heterocycles. The first-order valence-electron chi connectivity index (χ1n) is 7.27. The van der Waals surface area contributed by atoms with Crippen molar-refractivity contribution in [3.63, 3.8) is 0 Å². The molecule has 0 aliphatic heterocycles. The highest BCUT2D eigenvalue weighted by atomic mass is 32.2. The van der Waals surface area contributed by atoms with Crippen LogP contribution in [0.1, 0.15) is 46.0 Å². The van der Waals surface area contributed by atoms with Gasteiger partial charge in [0.15, 0.2) is 0 Å². The molecule has 0 heterocycles. The second-order valence-corrected chi connectivity index (χ2v) is 6.08. The van der Waals surface area contributed by atoms with Gasteiger partial charge in [0.05, 0.1) is 10.8 Å². The van der Waals surface area contributed by atoms with Gasteiger partial charge in [0, 0.05) is 11.3 Å². The van der Waals surface area contributed by atoms with Crippen molar-refractivity contribution in [2.24, 2.45) is 0 Å². The maximum atomic E-state index is 10.9. The first-order chi connectivity index (χ1) is 9.69. The summed E-state index contributed by atoms with van der Waals surface area (Å²) in [6.07, 6.45) is 6.18. The molecule has 0 saturated carbocycles. The first kappa shape index (κ1) is 16.8. The Morgan fingerprint density at radius 1 is 1.30 bits per heavy atom. The van der Waals surface area contributed by atoms with Crippen LogP contribution in [-0.2, 0) is 0 Å². The van der Waals surface area contributed by atoms with Crippen LogP contribution in [0, 0.1) is 10.1 Å². The highest BCUT2D eigenvalue weighted by Gasteiger charge is 2.12. The summed E-state index contributed by atoms with van der Waals surface area (Å²) in [4.78, 5) is 10.6. The van der Waals surface area contributed by atoms with Crippen LogP contribution < -0.4 is 5.32 Å². The van der Waals surface area contributed by atoms with Gasteiger partial charge >= 0.3 is 0 Å². The molecule has 0 bridgehead atoms. The molecule has 1 atom stereocenters. The lowest BCUT2D eigenvalue weighted by Gasteiger charge is -2.15. The van der Waals surface area contributed by atoms with Gasteiger partial charge in [0.25, 0.3) is 5.69 Å². The van der Waals surface area contributed by atoms with Crippen LogP contribution in [0.15, 0.2) is 24.3 Å². The largest absolute Gasteiger partial charge is 0.370 e. The van der Waals surface area contributed by atoms with Gasteiger partial charge in [-0.3, -0.25) is 10.1 Å². The van der Waals surface area contributed by atoms with Gasteiger partial charge in [0.2, 0.25) is 0 Å². The summed E-state index contributed by atoms with van der Waals surface area (Å²) in [7, 11) is 0. The highest BCUT2D eigenvalue weighted by molar-refractivity contribution is 7.99. The van der Waals surface area contributed by atoms with E-state index in [0.29, 0.717) is 10.9 Å². The third kappa shape index (κ3) is 5.82. The van der Waals surface area contributed by atoms with Crippen molar-refractivity contribution in [2.75, 3.05) is 11.2 Å². The number of hydrogen-bond acceptors (Lipinski definition) is 4. The summed E-state index contributed by atoms with van der Waals surface area (Å²) in [5, 5.41) is 14.7. The predicted octanol–water partition coefficient (Wildman–Crippen LogP) is 5.06. The molecule has 5 heteroatoms. The van der Waals surface area contributed by atoms with Gasteiger partial charge < -0.3 is 5.32 Å². The lowest BCUT2D eigenvalue weighted by Crippen LogP contribution is -2.07. The fourth-order valence-electron chi connectivity index (χ4n) is 2.05. The van der Waals surface area contributed by atoms with Gasteiger partial charge in [-0.05, 0) is 18.9 Å². The molecule has 1 aromatic carbocycles. The predicted molar refractivity (Wildman–Crippen MR) is 87.4 cm³/mol. The van der Waals surface area contributed by atoms with Gasteiger partial charge in [-0.1, -0.05) is 45.2 Å². The fraction of sp³-hybridized carbons (Fsp3) is 0.600. The number of hydrogen-bond donors (Lipinski definition) is 1. The standard InChI is InChI=1S/C15H24N2O2S/c1-3-5-6-9-13(4-2)20-12-16-14-10-7-8-11-15(14)17(18)19/h7-8,10-11,13,16H,3-6,9,12H2,1-2H3/t13-/m1/s1. The van der Waals surface area contributed by atoms with Crippen LogP contribution in [-0.4, -0.2) is 16.1 Å². The van der Waals surface area contributed by atoms with Crippen molar-refractivity contribution in [3.8, 4) is 0 Å². The van der Waals surface area contributed by atoms with Crippen LogP contribution in [0.25, 0.3) is 0 Å². The summed E-state index contributed by atoms with van der Waals surface area (Å²) in [5.74, 6) is 0.718. The monoisotopic (exact) mass is 296 g/mol. The SMILES string of the molecule is CCCCC[C@@H](CC)SCNc1ccccc1[N+](=O)[O-]. The van der Waals surface area contributed by atoms with E-state index >= 15 is 0 Å². The first-order valence-corrected chi connectivity index (χ1v) is 8.32. The smallest absolute Gasteiger partial charge is 0.292 e. The summed E-state index contributed by atoms with van der Waals surface area (Å²) < 4.78 is 0. The maximum absolute atomic E-state index is 10.9. The van der Waals surface area contributed by atoms with E-state index in [2.05, 4.69) is 19.2 Å². The molecule has 4 nitrogen and oxygen atoms in total. The fourth-order valence-corrected chi connectivity index (χ4v) is 3.09. The van der Waals surface area contributed by atoms with E-state index in [1.807, 2.05) is 17.8 Å². The number of nitro benzene ring substituents is 1. The number of rotatable bonds is 10. The average Bonchev–Trinajstić information content (AvgIpc) is 2.46. The van der Waals surface area contributed by atoms with E-state index in [1.165, 1.54) is 31.7 Å². The van der Waals surface area contributed by atoms with Gasteiger partial charge in [-0.2, -0.15) is 0 Å². The molecule has 0 aliphatic carbocycles. The lowest BCUT2D eigenvalue weighted by molar-refractivity contribution is -0.383. The number of benzene rings is 1. The Bertz CT molecular complexity index is 413. The molecule has 0 aromatic heterocycles. The molecule has 0 amide bonds. The topological polar surface area (TPSA) is 55.2 Å². The Morgan fingerprint density at radius 3 is 2.70 bits per heavy atom. The minimum Gasteiger partial charge on any atom is -0.370 e. The van der Waals surface area contributed by atoms with E-state index in [0.717, 1.165) is 12.3 Å². The zero-order valence-corrected chi connectivity index (χ0v) is 13.1. The molecule has 0 fully saturated rings. The summed E-state index contributed by atoms with van der Waals surface area (Å²) >= 11 is 1.85. The molecule has 112 valence electrons. The number of anilines is 1. The Balaban J connectivity index is 2.41.